The van der Waals surface area contributed by atoms with E-state index in [2.05, 4.69) is 34.9 Å². The van der Waals surface area contributed by atoms with Gasteiger partial charge < -0.3 is 20.5 Å². The zero-order chi connectivity index (χ0) is 23.7. The lowest BCUT2D eigenvalue weighted by atomic mass is 9.84. The van der Waals surface area contributed by atoms with Crippen LogP contribution in [0.15, 0.2) is 48.5 Å². The monoisotopic (exact) mass is 462 g/mol. The van der Waals surface area contributed by atoms with Crippen LogP contribution in [0.4, 0.5) is 4.79 Å². The number of aliphatic carboxylic acids is 1. The van der Waals surface area contributed by atoms with Gasteiger partial charge in [-0.2, -0.15) is 0 Å². The van der Waals surface area contributed by atoms with Gasteiger partial charge in [-0.3, -0.25) is 9.59 Å². The van der Waals surface area contributed by atoms with E-state index in [9.17, 15) is 19.5 Å². The summed E-state index contributed by atoms with van der Waals surface area (Å²) in [5, 5.41) is 15.2. The number of fused-ring (bicyclic) bond motifs is 3. The molecule has 34 heavy (non-hydrogen) atoms. The summed E-state index contributed by atoms with van der Waals surface area (Å²) in [5.74, 6) is -1.63. The fourth-order valence-electron chi connectivity index (χ4n) is 5.51. The van der Waals surface area contributed by atoms with E-state index < -0.39 is 23.5 Å². The topological polar surface area (TPSA) is 105 Å². The standard InChI is InChI=1S/C27H30N2O5/c30-24(28-23-12-6-5-11-21(23)25(31)32)15-27(13-14-27)29-26(33)34-16-22-19-9-3-1-7-17(19)18-8-2-4-10-20(18)22/h1-4,7-10,21-23H,5-6,11-16H2,(H,28,30)(H,29,33)(H,31,32)/t21-,23+/m0/s1. The molecule has 0 saturated heterocycles. The van der Waals surface area contributed by atoms with Crippen LogP contribution in [0.5, 0.6) is 0 Å². The van der Waals surface area contributed by atoms with Crippen LogP contribution < -0.4 is 10.6 Å². The molecule has 2 aromatic carbocycles. The Morgan fingerprint density at radius 1 is 0.941 bits per heavy atom. The van der Waals surface area contributed by atoms with Crippen LogP contribution in [-0.2, 0) is 14.3 Å². The molecule has 2 amide bonds. The lowest BCUT2D eigenvalue weighted by molar-refractivity contribution is -0.144. The number of benzene rings is 2. The third kappa shape index (κ3) is 4.52. The Morgan fingerprint density at radius 3 is 2.18 bits per heavy atom. The summed E-state index contributed by atoms with van der Waals surface area (Å²) in [6.07, 6.45) is 4.08. The number of amides is 2. The largest absolute Gasteiger partial charge is 0.481 e. The van der Waals surface area contributed by atoms with Crippen molar-refractivity contribution in [3.8, 4) is 11.1 Å². The van der Waals surface area contributed by atoms with Crippen LogP contribution in [0.25, 0.3) is 11.1 Å². The summed E-state index contributed by atoms with van der Waals surface area (Å²) in [4.78, 5) is 36.8. The molecule has 0 spiro atoms. The van der Waals surface area contributed by atoms with Gasteiger partial charge in [0, 0.05) is 18.4 Å². The van der Waals surface area contributed by atoms with Crippen molar-refractivity contribution in [3.05, 3.63) is 59.7 Å². The minimum Gasteiger partial charge on any atom is -0.481 e. The lowest BCUT2D eigenvalue weighted by Crippen LogP contribution is -2.48. The third-order valence-corrected chi connectivity index (χ3v) is 7.49. The van der Waals surface area contributed by atoms with Gasteiger partial charge in [-0.05, 0) is 47.9 Å². The van der Waals surface area contributed by atoms with Crippen molar-refractivity contribution in [2.45, 2.75) is 62.4 Å². The molecule has 0 unspecified atom stereocenters. The first-order chi connectivity index (χ1) is 16.5. The Balaban J connectivity index is 1.16. The van der Waals surface area contributed by atoms with Crippen LogP contribution in [0, 0.1) is 5.92 Å². The number of rotatable bonds is 7. The second-order valence-corrected chi connectivity index (χ2v) is 9.81. The van der Waals surface area contributed by atoms with Gasteiger partial charge in [-0.1, -0.05) is 61.4 Å². The second kappa shape index (κ2) is 9.12. The van der Waals surface area contributed by atoms with Gasteiger partial charge in [0.25, 0.3) is 0 Å². The zero-order valence-corrected chi connectivity index (χ0v) is 19.1. The molecule has 7 heteroatoms. The Bertz CT molecular complexity index is 1060. The quantitative estimate of drug-likeness (QED) is 0.572. The molecule has 3 aliphatic rings. The molecular formula is C27H30N2O5. The number of carbonyl (C=O) groups excluding carboxylic acids is 2. The lowest BCUT2D eigenvalue weighted by Gasteiger charge is -2.30. The third-order valence-electron chi connectivity index (χ3n) is 7.49. The summed E-state index contributed by atoms with van der Waals surface area (Å²) in [6.45, 7) is 0.227. The summed E-state index contributed by atoms with van der Waals surface area (Å²) >= 11 is 0. The average Bonchev–Trinajstić information content (AvgIpc) is 3.49. The van der Waals surface area contributed by atoms with Crippen LogP contribution in [0.3, 0.4) is 0 Å². The highest BCUT2D eigenvalue weighted by molar-refractivity contribution is 5.81. The predicted octanol–water partition coefficient (Wildman–Crippen LogP) is 4.21. The first kappa shape index (κ1) is 22.4. The number of carboxylic acids is 1. The van der Waals surface area contributed by atoms with E-state index in [-0.39, 0.29) is 30.9 Å². The molecule has 178 valence electrons. The SMILES string of the molecule is O=C(CC1(NC(=O)OCC2c3ccccc3-c3ccccc32)CC1)N[C@@H]1CCCC[C@@H]1C(=O)O. The highest BCUT2D eigenvalue weighted by Crippen LogP contribution is 2.44. The first-order valence-electron chi connectivity index (χ1n) is 12.1. The number of carboxylic acid groups (broad SMARTS) is 1. The van der Waals surface area contributed by atoms with Gasteiger partial charge in [-0.25, -0.2) is 4.79 Å². The molecule has 2 atom stereocenters. The predicted molar refractivity (Wildman–Crippen MR) is 126 cm³/mol. The molecule has 2 fully saturated rings. The van der Waals surface area contributed by atoms with E-state index in [0.29, 0.717) is 25.7 Å². The molecule has 5 rings (SSSR count). The van der Waals surface area contributed by atoms with Crippen molar-refractivity contribution in [1.29, 1.82) is 0 Å². The number of alkyl carbamates (subject to hydrolysis) is 1. The number of hydrogen-bond donors (Lipinski definition) is 3. The molecule has 0 aromatic heterocycles. The first-order valence-corrected chi connectivity index (χ1v) is 12.1. The van der Waals surface area contributed by atoms with E-state index in [1.807, 2.05) is 24.3 Å². The molecule has 3 aliphatic carbocycles. The van der Waals surface area contributed by atoms with Gasteiger partial charge in [0.05, 0.1) is 11.5 Å². The van der Waals surface area contributed by atoms with E-state index in [0.717, 1.165) is 24.0 Å². The average molecular weight is 463 g/mol. The normalized spacial score (nSPS) is 22.2. The van der Waals surface area contributed by atoms with Gasteiger partial charge >= 0.3 is 12.1 Å². The number of ether oxygens (including phenoxy) is 1. The molecule has 7 nitrogen and oxygen atoms in total. The van der Waals surface area contributed by atoms with Crippen LogP contribution in [0.1, 0.15) is 62.0 Å². The number of hydrogen-bond acceptors (Lipinski definition) is 4. The van der Waals surface area contributed by atoms with E-state index in [1.54, 1.807) is 0 Å². The minimum absolute atomic E-state index is 0.0177. The van der Waals surface area contributed by atoms with Crippen LogP contribution >= 0.6 is 0 Å². The minimum atomic E-state index is -0.858. The van der Waals surface area contributed by atoms with Gasteiger partial charge in [0.2, 0.25) is 5.91 Å². The van der Waals surface area contributed by atoms with Gasteiger partial charge in [0.15, 0.2) is 0 Å². The van der Waals surface area contributed by atoms with Crippen molar-refractivity contribution in [2.75, 3.05) is 6.61 Å². The van der Waals surface area contributed by atoms with Crippen molar-refractivity contribution in [3.63, 3.8) is 0 Å². The summed E-state index contributed by atoms with van der Waals surface area (Å²) in [5.41, 5.74) is 4.05. The molecule has 0 heterocycles. The molecule has 2 saturated carbocycles. The smallest absolute Gasteiger partial charge is 0.407 e. The van der Waals surface area contributed by atoms with Gasteiger partial charge in [-0.15, -0.1) is 0 Å². The highest BCUT2D eigenvalue weighted by Gasteiger charge is 2.47. The Morgan fingerprint density at radius 2 is 1.56 bits per heavy atom. The van der Waals surface area contributed by atoms with Crippen molar-refractivity contribution in [2.24, 2.45) is 5.92 Å². The molecule has 3 N–H and O–H groups in total. The van der Waals surface area contributed by atoms with Crippen molar-refractivity contribution < 1.29 is 24.2 Å². The molecule has 0 radical (unpaired) electrons. The molecule has 2 aromatic rings. The second-order valence-electron chi connectivity index (χ2n) is 9.81. The fraction of sp³-hybridized carbons (Fsp3) is 0.444. The van der Waals surface area contributed by atoms with Crippen molar-refractivity contribution in [1.82, 2.24) is 10.6 Å². The summed E-state index contributed by atoms with van der Waals surface area (Å²) in [6, 6.07) is 16.0. The van der Waals surface area contributed by atoms with E-state index in [1.165, 1.54) is 11.1 Å². The van der Waals surface area contributed by atoms with Crippen LogP contribution in [0.2, 0.25) is 0 Å². The van der Waals surface area contributed by atoms with Crippen molar-refractivity contribution >= 4 is 18.0 Å². The maximum atomic E-state index is 12.7. The number of carbonyl (C=O) groups is 3. The molecular weight excluding hydrogens is 432 g/mol. The number of nitrogens with one attached hydrogen (secondary N) is 2. The summed E-state index contributed by atoms with van der Waals surface area (Å²) in [7, 11) is 0. The van der Waals surface area contributed by atoms with Gasteiger partial charge in [0.1, 0.15) is 6.61 Å². The highest BCUT2D eigenvalue weighted by atomic mass is 16.5. The van der Waals surface area contributed by atoms with E-state index >= 15 is 0 Å². The maximum absolute atomic E-state index is 12.7. The fourth-order valence-corrected chi connectivity index (χ4v) is 5.51. The van der Waals surface area contributed by atoms with Crippen LogP contribution in [-0.4, -0.2) is 41.3 Å². The zero-order valence-electron chi connectivity index (χ0n) is 19.1. The molecule has 0 aliphatic heterocycles. The Kier molecular flexibility index (Phi) is 6.02. The summed E-state index contributed by atoms with van der Waals surface area (Å²) < 4.78 is 5.64. The maximum Gasteiger partial charge on any atom is 0.407 e. The molecule has 0 bridgehead atoms. The Labute approximate surface area is 198 Å². The Hall–Kier alpha value is -3.35. The van der Waals surface area contributed by atoms with E-state index in [4.69, 9.17) is 4.74 Å².